The van der Waals surface area contributed by atoms with Gasteiger partial charge in [0.15, 0.2) is 0 Å². The van der Waals surface area contributed by atoms with Crippen molar-refractivity contribution >= 4 is 17.3 Å². The van der Waals surface area contributed by atoms with E-state index >= 15 is 0 Å². The van der Waals surface area contributed by atoms with Crippen LogP contribution in [0.15, 0.2) is 11.0 Å². The molecular weight excluding hydrogens is 258 g/mol. The Hall–Kier alpha value is -1.11. The molecule has 0 bridgehead atoms. The van der Waals surface area contributed by atoms with Crippen molar-refractivity contribution in [2.75, 3.05) is 31.7 Å². The molecule has 1 aromatic rings. The zero-order valence-corrected chi connectivity index (χ0v) is 10.9. The Morgan fingerprint density at radius 2 is 2.44 bits per heavy atom. The van der Waals surface area contributed by atoms with Crippen LogP contribution in [0, 0.1) is 0 Å². The van der Waals surface area contributed by atoms with Gasteiger partial charge in [0.05, 0.1) is 37.8 Å². The van der Waals surface area contributed by atoms with Gasteiger partial charge < -0.3 is 14.8 Å². The van der Waals surface area contributed by atoms with E-state index < -0.39 is 0 Å². The molecule has 1 saturated heterocycles. The molecule has 0 radical (unpaired) electrons. The number of nitrogens with one attached hydrogen (secondary N) is 1. The van der Waals surface area contributed by atoms with Gasteiger partial charge in [0.1, 0.15) is 5.02 Å². The fraction of sp³-hybridized carbons (Fsp3) is 0.636. The van der Waals surface area contributed by atoms with E-state index in [0.717, 1.165) is 0 Å². The van der Waals surface area contributed by atoms with E-state index in [1.807, 2.05) is 6.92 Å². The van der Waals surface area contributed by atoms with Crippen molar-refractivity contribution in [3.63, 3.8) is 0 Å². The molecule has 1 aliphatic rings. The Labute approximate surface area is 110 Å². The average molecular weight is 274 g/mol. The summed E-state index contributed by atoms with van der Waals surface area (Å²) in [4.78, 5) is 11.7. The van der Waals surface area contributed by atoms with Gasteiger partial charge in [-0.05, 0) is 6.92 Å². The summed E-state index contributed by atoms with van der Waals surface area (Å²) < 4.78 is 12.1. The van der Waals surface area contributed by atoms with E-state index in [1.54, 1.807) is 6.20 Å². The van der Waals surface area contributed by atoms with E-state index in [2.05, 4.69) is 10.4 Å². The standard InChI is InChI=1S/C11H16ClN3O3/c1-2-15-11(16)10(12)9(6-14-15)13-5-8-7-17-3-4-18-8/h6,8,13H,2-5,7H2,1H3. The highest BCUT2D eigenvalue weighted by molar-refractivity contribution is 6.32. The first-order valence-electron chi connectivity index (χ1n) is 5.91. The lowest BCUT2D eigenvalue weighted by Gasteiger charge is -2.23. The SMILES string of the molecule is CCn1ncc(NCC2COCCO2)c(Cl)c1=O. The minimum atomic E-state index is -0.287. The summed E-state index contributed by atoms with van der Waals surface area (Å²) in [7, 11) is 0. The summed E-state index contributed by atoms with van der Waals surface area (Å²) in [5, 5.41) is 7.22. The third-order valence-electron chi connectivity index (χ3n) is 2.69. The second-order valence-electron chi connectivity index (χ2n) is 3.94. The molecule has 0 saturated carbocycles. The summed E-state index contributed by atoms with van der Waals surface area (Å²) in [5.74, 6) is 0. The number of hydrogen-bond acceptors (Lipinski definition) is 5. The quantitative estimate of drug-likeness (QED) is 0.877. The van der Waals surface area contributed by atoms with Crippen LogP contribution >= 0.6 is 11.6 Å². The second kappa shape index (κ2) is 6.17. The number of anilines is 1. The second-order valence-corrected chi connectivity index (χ2v) is 4.32. The highest BCUT2D eigenvalue weighted by Crippen LogP contribution is 2.15. The third-order valence-corrected chi connectivity index (χ3v) is 3.05. The predicted molar refractivity (Wildman–Crippen MR) is 68.2 cm³/mol. The first kappa shape index (κ1) is 13.3. The lowest BCUT2D eigenvalue weighted by Crippen LogP contribution is -2.34. The molecule has 1 atom stereocenters. The highest BCUT2D eigenvalue weighted by atomic mass is 35.5. The maximum absolute atomic E-state index is 11.7. The molecule has 0 aliphatic carbocycles. The molecule has 0 spiro atoms. The molecule has 18 heavy (non-hydrogen) atoms. The fourth-order valence-corrected chi connectivity index (χ4v) is 1.90. The van der Waals surface area contributed by atoms with E-state index in [1.165, 1.54) is 4.68 Å². The monoisotopic (exact) mass is 273 g/mol. The lowest BCUT2D eigenvalue weighted by atomic mass is 10.3. The van der Waals surface area contributed by atoms with Gasteiger partial charge in [-0.1, -0.05) is 11.6 Å². The summed E-state index contributed by atoms with van der Waals surface area (Å²) in [5.41, 5.74) is 0.241. The van der Waals surface area contributed by atoms with Crippen LogP contribution in [0.3, 0.4) is 0 Å². The maximum atomic E-state index is 11.7. The van der Waals surface area contributed by atoms with Gasteiger partial charge in [0.2, 0.25) is 0 Å². The Morgan fingerprint density at radius 3 is 3.11 bits per heavy atom. The van der Waals surface area contributed by atoms with Crippen molar-refractivity contribution in [2.24, 2.45) is 0 Å². The van der Waals surface area contributed by atoms with E-state index in [9.17, 15) is 4.79 Å². The normalized spacial score (nSPS) is 19.8. The fourth-order valence-electron chi connectivity index (χ4n) is 1.69. The molecule has 6 nitrogen and oxygen atoms in total. The van der Waals surface area contributed by atoms with Gasteiger partial charge in [0, 0.05) is 13.1 Å². The molecule has 1 aliphatic heterocycles. The molecule has 100 valence electrons. The van der Waals surface area contributed by atoms with Gasteiger partial charge in [-0.15, -0.1) is 0 Å². The van der Waals surface area contributed by atoms with E-state index in [-0.39, 0.29) is 16.7 Å². The van der Waals surface area contributed by atoms with E-state index in [0.29, 0.717) is 38.6 Å². The van der Waals surface area contributed by atoms with Gasteiger partial charge in [0.25, 0.3) is 5.56 Å². The molecule has 0 aromatic carbocycles. The Morgan fingerprint density at radius 1 is 1.61 bits per heavy atom. The van der Waals surface area contributed by atoms with Crippen LogP contribution in [-0.4, -0.2) is 42.2 Å². The van der Waals surface area contributed by atoms with Crippen LogP contribution in [0.1, 0.15) is 6.92 Å². The number of rotatable bonds is 4. The number of ether oxygens (including phenoxy) is 2. The van der Waals surface area contributed by atoms with Crippen molar-refractivity contribution in [3.05, 3.63) is 21.6 Å². The first-order chi connectivity index (χ1) is 8.72. The minimum absolute atomic E-state index is 0.0246. The zero-order chi connectivity index (χ0) is 13.0. The van der Waals surface area contributed by atoms with Crippen molar-refractivity contribution in [1.29, 1.82) is 0 Å². The molecule has 2 rings (SSSR count). The van der Waals surface area contributed by atoms with E-state index in [4.69, 9.17) is 21.1 Å². The molecule has 7 heteroatoms. The number of aromatic nitrogens is 2. The van der Waals surface area contributed by atoms with Gasteiger partial charge in [-0.2, -0.15) is 5.10 Å². The summed E-state index contributed by atoms with van der Waals surface area (Å²) in [6, 6.07) is 0. The van der Waals surface area contributed by atoms with Crippen molar-refractivity contribution < 1.29 is 9.47 Å². The summed E-state index contributed by atoms with van der Waals surface area (Å²) in [6.45, 7) is 4.64. The minimum Gasteiger partial charge on any atom is -0.380 e. The largest absolute Gasteiger partial charge is 0.380 e. The molecule has 0 amide bonds. The predicted octanol–water partition coefficient (Wildman–Crippen LogP) is 0.744. The topological polar surface area (TPSA) is 65.4 Å². The molecule has 1 unspecified atom stereocenters. The zero-order valence-electron chi connectivity index (χ0n) is 10.2. The van der Waals surface area contributed by atoms with Gasteiger partial charge in [-0.3, -0.25) is 4.79 Å². The number of aryl methyl sites for hydroxylation is 1. The van der Waals surface area contributed by atoms with Crippen LogP contribution in [0.5, 0.6) is 0 Å². The smallest absolute Gasteiger partial charge is 0.287 e. The number of halogens is 1. The first-order valence-corrected chi connectivity index (χ1v) is 6.29. The molecule has 1 aromatic heterocycles. The Balaban J connectivity index is 2.01. The number of hydrogen-bond donors (Lipinski definition) is 1. The lowest BCUT2D eigenvalue weighted by molar-refractivity contribution is -0.0818. The van der Waals surface area contributed by atoms with Crippen LogP contribution in [-0.2, 0) is 16.0 Å². The molecule has 2 heterocycles. The van der Waals surface area contributed by atoms with Crippen LogP contribution < -0.4 is 10.9 Å². The van der Waals surface area contributed by atoms with Crippen LogP contribution in [0.4, 0.5) is 5.69 Å². The average Bonchev–Trinajstić information content (AvgIpc) is 2.42. The van der Waals surface area contributed by atoms with Gasteiger partial charge >= 0.3 is 0 Å². The maximum Gasteiger partial charge on any atom is 0.287 e. The Kier molecular flexibility index (Phi) is 4.57. The van der Waals surface area contributed by atoms with Crippen molar-refractivity contribution in [3.8, 4) is 0 Å². The Bertz CT molecular complexity index is 457. The number of nitrogens with zero attached hydrogens (tertiary/aromatic N) is 2. The van der Waals surface area contributed by atoms with Crippen molar-refractivity contribution in [2.45, 2.75) is 19.6 Å². The highest BCUT2D eigenvalue weighted by Gasteiger charge is 2.15. The van der Waals surface area contributed by atoms with Crippen LogP contribution in [0.25, 0.3) is 0 Å². The molecule has 1 fully saturated rings. The summed E-state index contributed by atoms with van der Waals surface area (Å²) >= 11 is 5.99. The molecule has 1 N–H and O–H groups in total. The summed E-state index contributed by atoms with van der Waals surface area (Å²) in [6.07, 6.45) is 1.53. The van der Waals surface area contributed by atoms with Crippen LogP contribution in [0.2, 0.25) is 5.02 Å². The van der Waals surface area contributed by atoms with Crippen molar-refractivity contribution in [1.82, 2.24) is 9.78 Å². The molecular formula is C11H16ClN3O3. The third kappa shape index (κ3) is 3.01. The van der Waals surface area contributed by atoms with Gasteiger partial charge in [-0.25, -0.2) is 4.68 Å².